The van der Waals surface area contributed by atoms with Crippen LogP contribution in [0.3, 0.4) is 0 Å². The molecule has 1 aliphatic rings. The van der Waals surface area contributed by atoms with Gasteiger partial charge in [-0.25, -0.2) is 0 Å². The van der Waals surface area contributed by atoms with Gasteiger partial charge in [-0.05, 0) is 61.2 Å². The number of ether oxygens (including phenoxy) is 1. The average Bonchev–Trinajstić information content (AvgIpc) is 2.73. The highest BCUT2D eigenvalue weighted by molar-refractivity contribution is 5.93. The zero-order chi connectivity index (χ0) is 18.6. The maximum absolute atomic E-state index is 9.48. The van der Waals surface area contributed by atoms with E-state index in [1.165, 1.54) is 5.56 Å². The topological polar surface area (TPSA) is 58.5 Å². The van der Waals surface area contributed by atoms with Crippen LogP contribution >= 0.6 is 0 Å². The van der Waals surface area contributed by atoms with Crippen molar-refractivity contribution in [2.75, 3.05) is 26.8 Å². The number of fused-ring (bicyclic) bond motifs is 1. The molecule has 0 amide bonds. The van der Waals surface area contributed by atoms with Crippen LogP contribution in [-0.2, 0) is 6.54 Å². The van der Waals surface area contributed by atoms with Crippen molar-refractivity contribution in [2.24, 2.45) is 5.92 Å². The van der Waals surface area contributed by atoms with Gasteiger partial charge in [-0.3, -0.25) is 14.9 Å². The molecular formula is C22H25N3O2. The maximum Gasteiger partial charge on any atom is 0.128 e. The van der Waals surface area contributed by atoms with Crippen molar-refractivity contribution in [3.8, 4) is 17.0 Å². The highest BCUT2D eigenvalue weighted by Crippen LogP contribution is 2.34. The number of benzene rings is 1. The van der Waals surface area contributed by atoms with Gasteiger partial charge in [0.05, 0.1) is 18.3 Å². The molecule has 3 aromatic rings. The van der Waals surface area contributed by atoms with Crippen LogP contribution in [0.2, 0.25) is 0 Å². The van der Waals surface area contributed by atoms with E-state index < -0.39 is 0 Å². The van der Waals surface area contributed by atoms with Crippen molar-refractivity contribution >= 4 is 10.9 Å². The van der Waals surface area contributed by atoms with Crippen molar-refractivity contribution in [3.05, 3.63) is 54.4 Å². The monoisotopic (exact) mass is 363 g/mol. The quantitative estimate of drug-likeness (QED) is 0.752. The van der Waals surface area contributed by atoms with E-state index in [1.54, 1.807) is 19.5 Å². The summed E-state index contributed by atoms with van der Waals surface area (Å²) in [6.07, 6.45) is 5.86. The molecule has 4 rings (SSSR count). The molecule has 1 aromatic carbocycles. The molecule has 1 aliphatic heterocycles. The van der Waals surface area contributed by atoms with Gasteiger partial charge in [0.25, 0.3) is 0 Å². The standard InChI is InChI=1S/C22H25N3O2/c1-27-21-7-6-16(13-25-11-3-4-17(14-25)15-26)12-19(21)22-18-5-2-9-23-20(18)8-10-24-22/h2,5-10,12,17,26H,3-4,11,13-15H2,1H3. The third-order valence-electron chi connectivity index (χ3n) is 5.32. The number of hydrogen-bond acceptors (Lipinski definition) is 5. The van der Waals surface area contributed by atoms with Gasteiger partial charge in [-0.2, -0.15) is 0 Å². The lowest BCUT2D eigenvalue weighted by Gasteiger charge is -2.31. The van der Waals surface area contributed by atoms with Crippen LogP contribution in [0.25, 0.3) is 22.2 Å². The lowest BCUT2D eigenvalue weighted by atomic mass is 9.98. The molecule has 140 valence electrons. The van der Waals surface area contributed by atoms with Crippen LogP contribution in [0.4, 0.5) is 0 Å². The van der Waals surface area contributed by atoms with Crippen molar-refractivity contribution in [1.29, 1.82) is 0 Å². The molecule has 3 heterocycles. The Balaban J connectivity index is 1.69. The molecule has 0 bridgehead atoms. The Morgan fingerprint density at radius 1 is 1.19 bits per heavy atom. The van der Waals surface area contributed by atoms with Gasteiger partial charge < -0.3 is 9.84 Å². The molecule has 2 aromatic heterocycles. The molecule has 0 spiro atoms. The Hall–Kier alpha value is -2.50. The van der Waals surface area contributed by atoms with Crippen LogP contribution in [-0.4, -0.2) is 46.8 Å². The summed E-state index contributed by atoms with van der Waals surface area (Å²) >= 11 is 0. The number of methoxy groups -OCH3 is 1. The van der Waals surface area contributed by atoms with Gasteiger partial charge in [0.15, 0.2) is 0 Å². The number of aromatic nitrogens is 2. The summed E-state index contributed by atoms with van der Waals surface area (Å²) in [6, 6.07) is 12.2. The number of piperidine rings is 1. The van der Waals surface area contributed by atoms with Crippen LogP contribution < -0.4 is 4.74 Å². The smallest absolute Gasteiger partial charge is 0.128 e. The summed E-state index contributed by atoms with van der Waals surface area (Å²) < 4.78 is 5.62. The molecule has 1 saturated heterocycles. The number of aliphatic hydroxyl groups excluding tert-OH is 1. The predicted molar refractivity (Wildman–Crippen MR) is 107 cm³/mol. The molecule has 1 N–H and O–H groups in total. The van der Waals surface area contributed by atoms with Gasteiger partial charge in [0.1, 0.15) is 5.75 Å². The minimum Gasteiger partial charge on any atom is -0.496 e. The largest absolute Gasteiger partial charge is 0.496 e. The number of pyridine rings is 2. The lowest BCUT2D eigenvalue weighted by molar-refractivity contribution is 0.116. The molecule has 0 aliphatic carbocycles. The number of nitrogens with zero attached hydrogens (tertiary/aromatic N) is 3. The van der Waals surface area contributed by atoms with E-state index in [0.29, 0.717) is 5.92 Å². The Morgan fingerprint density at radius 2 is 2.11 bits per heavy atom. The Labute approximate surface area is 159 Å². The van der Waals surface area contributed by atoms with Crippen LogP contribution in [0.1, 0.15) is 18.4 Å². The Bertz CT molecular complexity index is 923. The average molecular weight is 363 g/mol. The number of rotatable bonds is 5. The van der Waals surface area contributed by atoms with Gasteiger partial charge in [0, 0.05) is 43.0 Å². The molecule has 5 nitrogen and oxygen atoms in total. The van der Waals surface area contributed by atoms with Crippen molar-refractivity contribution in [2.45, 2.75) is 19.4 Å². The fraction of sp³-hybridized carbons (Fsp3) is 0.364. The summed E-state index contributed by atoms with van der Waals surface area (Å²) in [4.78, 5) is 11.5. The van der Waals surface area contributed by atoms with Crippen LogP contribution in [0.5, 0.6) is 5.75 Å². The highest BCUT2D eigenvalue weighted by Gasteiger charge is 2.20. The molecule has 1 unspecified atom stereocenters. The molecule has 1 atom stereocenters. The molecular weight excluding hydrogens is 338 g/mol. The van der Waals surface area contributed by atoms with E-state index in [9.17, 15) is 5.11 Å². The second kappa shape index (κ2) is 8.03. The third kappa shape index (κ3) is 3.80. The molecule has 0 radical (unpaired) electrons. The second-order valence-corrected chi connectivity index (χ2v) is 7.19. The van der Waals surface area contributed by atoms with E-state index >= 15 is 0 Å². The molecule has 27 heavy (non-hydrogen) atoms. The first kappa shape index (κ1) is 17.9. The summed E-state index contributed by atoms with van der Waals surface area (Å²) in [6.45, 7) is 3.18. The predicted octanol–water partition coefficient (Wildman–Crippen LogP) is 3.51. The van der Waals surface area contributed by atoms with Crippen LogP contribution in [0.15, 0.2) is 48.8 Å². The summed E-state index contributed by atoms with van der Waals surface area (Å²) in [5.74, 6) is 1.21. The van der Waals surface area contributed by atoms with Crippen LogP contribution in [0, 0.1) is 5.92 Å². The first-order valence-corrected chi connectivity index (χ1v) is 9.48. The first-order chi connectivity index (χ1) is 13.3. The Kier molecular flexibility index (Phi) is 5.32. The SMILES string of the molecule is COc1ccc(CN2CCCC(CO)C2)cc1-c1nccc2ncccc12. The van der Waals surface area contributed by atoms with E-state index in [2.05, 4.69) is 27.0 Å². The first-order valence-electron chi connectivity index (χ1n) is 9.48. The van der Waals surface area contributed by atoms with Gasteiger partial charge in [-0.15, -0.1) is 0 Å². The van der Waals surface area contributed by atoms with E-state index in [4.69, 9.17) is 4.74 Å². The van der Waals surface area contributed by atoms with Crippen molar-refractivity contribution < 1.29 is 9.84 Å². The van der Waals surface area contributed by atoms with Crippen molar-refractivity contribution in [3.63, 3.8) is 0 Å². The van der Waals surface area contributed by atoms with Gasteiger partial charge in [0.2, 0.25) is 0 Å². The van der Waals surface area contributed by atoms with Gasteiger partial charge >= 0.3 is 0 Å². The van der Waals surface area contributed by atoms with E-state index in [0.717, 1.165) is 60.4 Å². The zero-order valence-corrected chi connectivity index (χ0v) is 15.6. The zero-order valence-electron chi connectivity index (χ0n) is 15.6. The van der Waals surface area contributed by atoms with Crippen molar-refractivity contribution in [1.82, 2.24) is 14.9 Å². The minimum absolute atomic E-state index is 0.275. The summed E-state index contributed by atoms with van der Waals surface area (Å²) in [7, 11) is 1.69. The lowest BCUT2D eigenvalue weighted by Crippen LogP contribution is -2.36. The number of aliphatic hydroxyl groups is 1. The summed E-state index contributed by atoms with van der Waals surface area (Å²) in [5, 5.41) is 10.5. The second-order valence-electron chi connectivity index (χ2n) is 7.19. The highest BCUT2D eigenvalue weighted by atomic mass is 16.5. The van der Waals surface area contributed by atoms with E-state index in [-0.39, 0.29) is 6.61 Å². The minimum atomic E-state index is 0.275. The fourth-order valence-electron chi connectivity index (χ4n) is 3.96. The molecule has 1 fully saturated rings. The fourth-order valence-corrected chi connectivity index (χ4v) is 3.96. The number of likely N-dealkylation sites (tertiary alicyclic amines) is 1. The van der Waals surface area contributed by atoms with Gasteiger partial charge in [-0.1, -0.05) is 6.07 Å². The molecule has 5 heteroatoms. The normalized spacial score (nSPS) is 17.9. The maximum atomic E-state index is 9.48. The summed E-state index contributed by atoms with van der Waals surface area (Å²) in [5.41, 5.74) is 4.04. The van der Waals surface area contributed by atoms with E-state index in [1.807, 2.05) is 24.3 Å². The molecule has 0 saturated carbocycles. The Morgan fingerprint density at radius 3 is 2.96 bits per heavy atom. The number of hydrogen-bond donors (Lipinski definition) is 1. The third-order valence-corrected chi connectivity index (χ3v) is 5.32.